The lowest BCUT2D eigenvalue weighted by Crippen LogP contribution is -2.38. The maximum atomic E-state index is 13.1. The number of nitrogens with zero attached hydrogens (tertiary/aromatic N) is 1. The molecule has 0 aliphatic carbocycles. The minimum absolute atomic E-state index is 0.120. The van der Waals surface area contributed by atoms with E-state index >= 15 is 0 Å². The third kappa shape index (κ3) is 4.04. The summed E-state index contributed by atoms with van der Waals surface area (Å²) < 4.78 is 13.8. The van der Waals surface area contributed by atoms with Gasteiger partial charge < -0.3 is 15.6 Å². The number of carbonyl (C=O) groups excluding carboxylic acids is 2. The number of amides is 2. The highest BCUT2D eigenvalue weighted by Gasteiger charge is 2.16. The Bertz CT molecular complexity index is 1170. The number of hydrogen-bond acceptors (Lipinski definition) is 4. The van der Waals surface area contributed by atoms with E-state index in [1.807, 2.05) is 0 Å². The molecular weight excluding hydrogens is 367 g/mol. The molecule has 0 aliphatic rings. The molecule has 0 unspecified atom stereocenters. The predicted molar refractivity (Wildman–Crippen MR) is 101 cm³/mol. The standard InChI is InChI=1S/C19H15FN4O4/c1-11(25)22-13-3-2-4-14(9-13)23-17(26)16-10-21-19(28)24(18(16)27)15-7-5-12(20)6-8-15/h2-10H,1H3,(H,21,28)(H,22,25)(H,23,26). The molecule has 0 atom stereocenters. The Labute approximate surface area is 157 Å². The third-order valence-electron chi connectivity index (χ3n) is 3.75. The zero-order valence-corrected chi connectivity index (χ0v) is 14.7. The SMILES string of the molecule is CC(=O)Nc1cccc(NC(=O)c2c[nH]c(=O)n(-c3ccc(F)cc3)c2=O)c1. The van der Waals surface area contributed by atoms with Crippen molar-refractivity contribution >= 4 is 23.2 Å². The minimum Gasteiger partial charge on any atom is -0.326 e. The first-order chi connectivity index (χ1) is 13.3. The Balaban J connectivity index is 1.94. The number of halogens is 1. The summed E-state index contributed by atoms with van der Waals surface area (Å²) in [4.78, 5) is 50.7. The number of nitrogens with one attached hydrogen (secondary N) is 3. The molecule has 3 N–H and O–H groups in total. The quantitative estimate of drug-likeness (QED) is 0.639. The number of aromatic nitrogens is 2. The van der Waals surface area contributed by atoms with E-state index in [1.165, 1.54) is 25.1 Å². The largest absolute Gasteiger partial charge is 0.333 e. The molecule has 2 amide bonds. The smallest absolute Gasteiger partial charge is 0.326 e. The third-order valence-corrected chi connectivity index (χ3v) is 3.75. The van der Waals surface area contributed by atoms with Gasteiger partial charge in [0.2, 0.25) is 5.91 Å². The summed E-state index contributed by atoms with van der Waals surface area (Å²) in [6, 6.07) is 11.1. The molecule has 1 heterocycles. The highest BCUT2D eigenvalue weighted by atomic mass is 19.1. The van der Waals surface area contributed by atoms with Gasteiger partial charge in [-0.1, -0.05) is 6.07 Å². The van der Waals surface area contributed by atoms with Crippen molar-refractivity contribution in [3.63, 3.8) is 0 Å². The molecule has 8 nitrogen and oxygen atoms in total. The summed E-state index contributed by atoms with van der Waals surface area (Å²) >= 11 is 0. The van der Waals surface area contributed by atoms with Gasteiger partial charge in [0.05, 0.1) is 5.69 Å². The number of benzene rings is 2. The van der Waals surface area contributed by atoms with Crippen molar-refractivity contribution in [3.8, 4) is 5.69 Å². The van der Waals surface area contributed by atoms with Crippen LogP contribution in [-0.4, -0.2) is 21.4 Å². The zero-order valence-electron chi connectivity index (χ0n) is 14.7. The van der Waals surface area contributed by atoms with Crippen LogP contribution in [0.3, 0.4) is 0 Å². The fraction of sp³-hybridized carbons (Fsp3) is 0.0526. The van der Waals surface area contributed by atoms with Crippen LogP contribution in [0.2, 0.25) is 0 Å². The van der Waals surface area contributed by atoms with E-state index in [4.69, 9.17) is 0 Å². The lowest BCUT2D eigenvalue weighted by Gasteiger charge is -2.09. The van der Waals surface area contributed by atoms with Gasteiger partial charge >= 0.3 is 5.69 Å². The Morgan fingerprint density at radius 1 is 1.00 bits per heavy atom. The summed E-state index contributed by atoms with van der Waals surface area (Å²) in [7, 11) is 0. The van der Waals surface area contributed by atoms with E-state index in [9.17, 15) is 23.6 Å². The molecule has 0 fully saturated rings. The minimum atomic E-state index is -0.856. The molecule has 0 radical (unpaired) electrons. The Kier molecular flexibility index (Phi) is 5.16. The van der Waals surface area contributed by atoms with Crippen molar-refractivity contribution in [2.75, 3.05) is 10.6 Å². The van der Waals surface area contributed by atoms with E-state index in [2.05, 4.69) is 15.6 Å². The highest BCUT2D eigenvalue weighted by molar-refractivity contribution is 6.04. The van der Waals surface area contributed by atoms with Crippen LogP contribution in [0.4, 0.5) is 15.8 Å². The first-order valence-electron chi connectivity index (χ1n) is 8.15. The number of carbonyl (C=O) groups is 2. The molecule has 2 aromatic carbocycles. The molecule has 9 heteroatoms. The normalized spacial score (nSPS) is 10.4. The first-order valence-corrected chi connectivity index (χ1v) is 8.15. The van der Waals surface area contributed by atoms with Crippen LogP contribution in [0.1, 0.15) is 17.3 Å². The van der Waals surface area contributed by atoms with Gasteiger partial charge in [-0.15, -0.1) is 0 Å². The van der Waals surface area contributed by atoms with Crippen molar-refractivity contribution in [3.05, 3.63) is 86.9 Å². The van der Waals surface area contributed by atoms with Gasteiger partial charge in [-0.25, -0.2) is 13.8 Å². The number of rotatable bonds is 4. The molecule has 0 bridgehead atoms. The van der Waals surface area contributed by atoms with E-state index in [-0.39, 0.29) is 17.2 Å². The maximum Gasteiger partial charge on any atom is 0.333 e. The number of H-pyrrole nitrogens is 1. The van der Waals surface area contributed by atoms with Crippen LogP contribution in [0.15, 0.2) is 64.3 Å². The molecule has 3 rings (SSSR count). The Morgan fingerprint density at radius 3 is 2.29 bits per heavy atom. The average molecular weight is 382 g/mol. The molecule has 1 aromatic heterocycles. The Hall–Kier alpha value is -4.01. The van der Waals surface area contributed by atoms with Gasteiger partial charge in [0.1, 0.15) is 11.4 Å². The van der Waals surface area contributed by atoms with E-state index in [0.717, 1.165) is 22.9 Å². The van der Waals surface area contributed by atoms with Gasteiger partial charge in [-0.05, 0) is 42.5 Å². The number of hydrogen-bond donors (Lipinski definition) is 3. The van der Waals surface area contributed by atoms with Gasteiger partial charge in [0.25, 0.3) is 11.5 Å². The van der Waals surface area contributed by atoms with Crippen molar-refractivity contribution in [2.45, 2.75) is 6.92 Å². The van der Waals surface area contributed by atoms with E-state index in [0.29, 0.717) is 11.4 Å². The molecule has 0 saturated heterocycles. The van der Waals surface area contributed by atoms with E-state index < -0.39 is 23.0 Å². The summed E-state index contributed by atoms with van der Waals surface area (Å²) in [5, 5.41) is 5.11. The molecule has 0 spiro atoms. The topological polar surface area (TPSA) is 113 Å². The maximum absolute atomic E-state index is 13.1. The summed E-state index contributed by atoms with van der Waals surface area (Å²) in [5.41, 5.74) is -0.999. The number of aromatic amines is 1. The molecule has 3 aromatic rings. The van der Waals surface area contributed by atoms with E-state index in [1.54, 1.807) is 18.2 Å². The van der Waals surface area contributed by atoms with Crippen molar-refractivity contribution in [1.29, 1.82) is 0 Å². The van der Waals surface area contributed by atoms with Crippen LogP contribution in [-0.2, 0) is 4.79 Å². The van der Waals surface area contributed by atoms with Gasteiger partial charge in [0.15, 0.2) is 0 Å². The second-order valence-corrected chi connectivity index (χ2v) is 5.84. The average Bonchev–Trinajstić information content (AvgIpc) is 2.63. The molecule has 142 valence electrons. The predicted octanol–water partition coefficient (Wildman–Crippen LogP) is 1.88. The van der Waals surface area contributed by atoms with Crippen molar-refractivity contribution in [1.82, 2.24) is 9.55 Å². The van der Waals surface area contributed by atoms with Crippen molar-refractivity contribution in [2.24, 2.45) is 0 Å². The second-order valence-electron chi connectivity index (χ2n) is 5.84. The first kappa shape index (κ1) is 18.8. The lowest BCUT2D eigenvalue weighted by atomic mass is 10.2. The summed E-state index contributed by atoms with van der Waals surface area (Å²) in [5.74, 6) is -1.55. The van der Waals surface area contributed by atoms with Crippen LogP contribution in [0.5, 0.6) is 0 Å². The fourth-order valence-electron chi connectivity index (χ4n) is 2.54. The fourth-order valence-corrected chi connectivity index (χ4v) is 2.54. The zero-order chi connectivity index (χ0) is 20.3. The van der Waals surface area contributed by atoms with Crippen LogP contribution in [0.25, 0.3) is 5.69 Å². The number of anilines is 2. The van der Waals surface area contributed by atoms with Crippen LogP contribution in [0, 0.1) is 5.82 Å². The molecular formula is C19H15FN4O4. The molecule has 28 heavy (non-hydrogen) atoms. The summed E-state index contributed by atoms with van der Waals surface area (Å²) in [6.45, 7) is 1.35. The van der Waals surface area contributed by atoms with Crippen LogP contribution < -0.4 is 21.9 Å². The van der Waals surface area contributed by atoms with Crippen molar-refractivity contribution < 1.29 is 14.0 Å². The van der Waals surface area contributed by atoms with Crippen LogP contribution >= 0.6 is 0 Å². The molecule has 0 aliphatic heterocycles. The summed E-state index contributed by atoms with van der Waals surface area (Å²) in [6.07, 6.45) is 1.01. The van der Waals surface area contributed by atoms with Gasteiger partial charge in [-0.2, -0.15) is 0 Å². The monoisotopic (exact) mass is 382 g/mol. The lowest BCUT2D eigenvalue weighted by molar-refractivity contribution is -0.114. The second kappa shape index (κ2) is 7.70. The molecule has 0 saturated carbocycles. The van der Waals surface area contributed by atoms with Gasteiger partial charge in [-0.3, -0.25) is 14.4 Å². The van der Waals surface area contributed by atoms with Gasteiger partial charge in [0, 0.05) is 24.5 Å². The highest BCUT2D eigenvalue weighted by Crippen LogP contribution is 2.15. The Morgan fingerprint density at radius 2 is 1.64 bits per heavy atom.